The van der Waals surface area contributed by atoms with Crippen LogP contribution < -0.4 is 10.5 Å². The average Bonchev–Trinajstić information content (AvgIpc) is 2.84. The lowest BCUT2D eigenvalue weighted by molar-refractivity contribution is -0.274. The first kappa shape index (κ1) is 16.6. The molecule has 2 fully saturated rings. The number of benzene rings is 1. The van der Waals surface area contributed by atoms with E-state index in [2.05, 4.69) is 4.74 Å². The second-order valence-electron chi connectivity index (χ2n) is 6.79. The Balaban J connectivity index is 1.80. The Morgan fingerprint density at radius 2 is 1.78 bits per heavy atom. The van der Waals surface area contributed by atoms with Gasteiger partial charge in [0.1, 0.15) is 5.75 Å². The molecule has 128 valence electrons. The lowest BCUT2D eigenvalue weighted by atomic mass is 9.58. The lowest BCUT2D eigenvalue weighted by Gasteiger charge is -2.49. The van der Waals surface area contributed by atoms with Crippen molar-refractivity contribution >= 4 is 0 Å². The molecule has 0 spiro atoms. The molecule has 0 amide bonds. The third-order valence-electron chi connectivity index (χ3n) is 5.51. The summed E-state index contributed by atoms with van der Waals surface area (Å²) in [4.78, 5) is 0. The zero-order valence-electron chi connectivity index (χ0n) is 12.9. The summed E-state index contributed by atoms with van der Waals surface area (Å²) in [6.07, 6.45) is 0.342. The van der Waals surface area contributed by atoms with E-state index < -0.39 is 12.5 Å². The Morgan fingerprint density at radius 3 is 2.22 bits per heavy atom. The number of nitrogens with two attached hydrogens (primary N) is 1. The van der Waals surface area contributed by atoms with Gasteiger partial charge < -0.3 is 15.6 Å². The van der Waals surface area contributed by atoms with E-state index in [1.807, 2.05) is 0 Å². The standard InChI is InChI=1S/C17H22F3NO2/c18-17(19,20)23-12-7-5-11(6-8-12)16(9-2-10-16)15(22)13-3-1-4-14(13)21/h5-8,13-15,22H,1-4,9-10,21H2/t13-,14?,15?/m1/s1. The Bertz CT molecular complexity index is 540. The fourth-order valence-corrected chi connectivity index (χ4v) is 4.12. The summed E-state index contributed by atoms with van der Waals surface area (Å²) in [6, 6.07) is 5.94. The van der Waals surface area contributed by atoms with Gasteiger partial charge in [0.15, 0.2) is 0 Å². The molecular formula is C17H22F3NO2. The van der Waals surface area contributed by atoms with Crippen molar-refractivity contribution in [3.05, 3.63) is 29.8 Å². The highest BCUT2D eigenvalue weighted by Crippen LogP contribution is 2.50. The Morgan fingerprint density at radius 1 is 1.13 bits per heavy atom. The molecule has 2 aliphatic carbocycles. The first-order valence-corrected chi connectivity index (χ1v) is 8.12. The molecule has 6 heteroatoms. The number of alkyl halides is 3. The van der Waals surface area contributed by atoms with E-state index in [1.165, 1.54) is 12.1 Å². The molecule has 0 saturated heterocycles. The summed E-state index contributed by atoms with van der Waals surface area (Å²) in [5.74, 6) is -0.163. The van der Waals surface area contributed by atoms with E-state index in [-0.39, 0.29) is 23.1 Å². The molecule has 3 atom stereocenters. The van der Waals surface area contributed by atoms with Gasteiger partial charge in [-0.2, -0.15) is 0 Å². The third-order valence-corrected chi connectivity index (χ3v) is 5.51. The normalized spacial score (nSPS) is 28.2. The number of ether oxygens (including phenoxy) is 1. The predicted molar refractivity (Wildman–Crippen MR) is 80.0 cm³/mol. The molecule has 3 nitrogen and oxygen atoms in total. The number of aliphatic hydroxyl groups is 1. The minimum atomic E-state index is -4.69. The highest BCUT2D eigenvalue weighted by Gasteiger charge is 2.49. The van der Waals surface area contributed by atoms with Crippen LogP contribution in [0.5, 0.6) is 5.75 Å². The molecule has 0 aromatic heterocycles. The largest absolute Gasteiger partial charge is 0.573 e. The van der Waals surface area contributed by atoms with Crippen LogP contribution in [-0.4, -0.2) is 23.6 Å². The summed E-state index contributed by atoms with van der Waals surface area (Å²) in [5.41, 5.74) is 6.63. The van der Waals surface area contributed by atoms with Crippen LogP contribution in [0.2, 0.25) is 0 Å². The molecule has 0 bridgehead atoms. The van der Waals surface area contributed by atoms with E-state index in [1.54, 1.807) is 12.1 Å². The molecule has 2 saturated carbocycles. The maximum absolute atomic E-state index is 12.3. The van der Waals surface area contributed by atoms with Crippen molar-refractivity contribution < 1.29 is 23.0 Å². The van der Waals surface area contributed by atoms with Crippen molar-refractivity contribution in [3.63, 3.8) is 0 Å². The van der Waals surface area contributed by atoms with Crippen LogP contribution in [0.3, 0.4) is 0 Å². The van der Waals surface area contributed by atoms with Crippen LogP contribution in [0.25, 0.3) is 0 Å². The van der Waals surface area contributed by atoms with Crippen LogP contribution in [0.1, 0.15) is 44.1 Å². The van der Waals surface area contributed by atoms with Gasteiger partial charge in [-0.3, -0.25) is 0 Å². The lowest BCUT2D eigenvalue weighted by Crippen LogP contribution is -2.51. The molecule has 1 aromatic rings. The van der Waals surface area contributed by atoms with Crippen molar-refractivity contribution in [2.24, 2.45) is 11.7 Å². The highest BCUT2D eigenvalue weighted by molar-refractivity contribution is 5.35. The van der Waals surface area contributed by atoms with E-state index in [0.717, 1.165) is 44.1 Å². The van der Waals surface area contributed by atoms with Gasteiger partial charge in [0.05, 0.1) is 6.10 Å². The van der Waals surface area contributed by atoms with Crippen molar-refractivity contribution in [1.29, 1.82) is 0 Å². The van der Waals surface area contributed by atoms with Crippen LogP contribution in [0.15, 0.2) is 24.3 Å². The number of halogens is 3. The smallest absolute Gasteiger partial charge is 0.406 e. The Labute approximate surface area is 133 Å². The van der Waals surface area contributed by atoms with Crippen LogP contribution >= 0.6 is 0 Å². The van der Waals surface area contributed by atoms with Crippen molar-refractivity contribution in [1.82, 2.24) is 0 Å². The van der Waals surface area contributed by atoms with E-state index in [4.69, 9.17) is 5.73 Å². The molecule has 3 N–H and O–H groups in total. The van der Waals surface area contributed by atoms with Gasteiger partial charge in [0.2, 0.25) is 0 Å². The summed E-state index contributed by atoms with van der Waals surface area (Å²) in [5, 5.41) is 10.9. The molecule has 23 heavy (non-hydrogen) atoms. The maximum atomic E-state index is 12.3. The van der Waals surface area contributed by atoms with E-state index >= 15 is 0 Å². The molecule has 1 aromatic carbocycles. The average molecular weight is 329 g/mol. The number of aliphatic hydroxyl groups excluding tert-OH is 1. The van der Waals surface area contributed by atoms with Gasteiger partial charge in [-0.25, -0.2) is 0 Å². The molecule has 3 rings (SSSR count). The predicted octanol–water partition coefficient (Wildman–Crippen LogP) is 3.50. The summed E-state index contributed by atoms with van der Waals surface area (Å²) < 4.78 is 40.7. The van der Waals surface area contributed by atoms with Gasteiger partial charge in [0, 0.05) is 17.4 Å². The molecule has 2 aliphatic rings. The maximum Gasteiger partial charge on any atom is 0.573 e. The number of rotatable bonds is 4. The monoisotopic (exact) mass is 329 g/mol. The third kappa shape index (κ3) is 3.19. The Hall–Kier alpha value is -1.27. The summed E-state index contributed by atoms with van der Waals surface area (Å²) in [6.45, 7) is 0. The summed E-state index contributed by atoms with van der Waals surface area (Å²) >= 11 is 0. The van der Waals surface area contributed by atoms with E-state index in [9.17, 15) is 18.3 Å². The van der Waals surface area contributed by atoms with Gasteiger partial charge in [-0.15, -0.1) is 13.2 Å². The van der Waals surface area contributed by atoms with E-state index in [0.29, 0.717) is 0 Å². The Kier molecular flexibility index (Phi) is 4.31. The van der Waals surface area contributed by atoms with Crippen molar-refractivity contribution in [3.8, 4) is 5.75 Å². The first-order chi connectivity index (χ1) is 10.8. The zero-order chi connectivity index (χ0) is 16.7. The number of hydrogen-bond donors (Lipinski definition) is 2. The minimum absolute atomic E-state index is 0.00955. The first-order valence-electron chi connectivity index (χ1n) is 8.12. The minimum Gasteiger partial charge on any atom is -0.406 e. The van der Waals surface area contributed by atoms with Gasteiger partial charge in [0.25, 0.3) is 0 Å². The second-order valence-corrected chi connectivity index (χ2v) is 6.79. The van der Waals surface area contributed by atoms with Crippen LogP contribution in [0.4, 0.5) is 13.2 Å². The fraction of sp³-hybridized carbons (Fsp3) is 0.647. The highest BCUT2D eigenvalue weighted by atomic mass is 19.4. The quantitative estimate of drug-likeness (QED) is 0.889. The second kappa shape index (κ2) is 5.98. The SMILES string of the molecule is NC1CCC[C@H]1C(O)C1(c2ccc(OC(F)(F)F)cc2)CCC1. The summed E-state index contributed by atoms with van der Waals surface area (Å²) in [7, 11) is 0. The number of hydrogen-bond acceptors (Lipinski definition) is 3. The zero-order valence-corrected chi connectivity index (χ0v) is 12.9. The molecular weight excluding hydrogens is 307 g/mol. The topological polar surface area (TPSA) is 55.5 Å². The van der Waals surface area contributed by atoms with Gasteiger partial charge >= 0.3 is 6.36 Å². The van der Waals surface area contributed by atoms with Crippen LogP contribution in [-0.2, 0) is 5.41 Å². The molecule has 0 aliphatic heterocycles. The molecule has 0 heterocycles. The van der Waals surface area contributed by atoms with Gasteiger partial charge in [-0.1, -0.05) is 25.0 Å². The molecule has 2 unspecified atom stereocenters. The fourth-order valence-electron chi connectivity index (χ4n) is 4.12. The van der Waals surface area contributed by atoms with Crippen molar-refractivity contribution in [2.75, 3.05) is 0 Å². The van der Waals surface area contributed by atoms with Crippen molar-refractivity contribution in [2.45, 2.75) is 62.4 Å². The van der Waals surface area contributed by atoms with Crippen LogP contribution in [0, 0.1) is 5.92 Å². The van der Waals surface area contributed by atoms with Gasteiger partial charge in [-0.05, 0) is 43.4 Å². The molecule has 0 radical (unpaired) electrons.